The summed E-state index contributed by atoms with van der Waals surface area (Å²) in [6.07, 6.45) is 0. The first-order chi connectivity index (χ1) is 11.9. The second kappa shape index (κ2) is 8.28. The number of amides is 2. The van der Waals surface area contributed by atoms with Gasteiger partial charge in [0.05, 0.1) is 0 Å². The first kappa shape index (κ1) is 18.4. The van der Waals surface area contributed by atoms with E-state index in [9.17, 15) is 14.0 Å². The van der Waals surface area contributed by atoms with Crippen LogP contribution in [-0.2, 0) is 4.79 Å². The van der Waals surface area contributed by atoms with Gasteiger partial charge in [-0.05, 0) is 48.5 Å². The lowest BCUT2D eigenvalue weighted by atomic mass is 10.2. The predicted octanol–water partition coefficient (Wildman–Crippen LogP) is 2.67. The van der Waals surface area contributed by atoms with E-state index in [2.05, 4.69) is 5.32 Å². The van der Waals surface area contributed by atoms with Crippen molar-refractivity contribution in [2.75, 3.05) is 37.0 Å². The van der Waals surface area contributed by atoms with E-state index >= 15 is 0 Å². The molecule has 2 rings (SSSR count). The molecule has 0 aliphatic carbocycles. The van der Waals surface area contributed by atoms with Gasteiger partial charge in [0.25, 0.3) is 5.91 Å². The van der Waals surface area contributed by atoms with Crippen LogP contribution in [0, 0.1) is 5.82 Å². The Labute approximate surface area is 147 Å². The van der Waals surface area contributed by atoms with E-state index in [0.717, 1.165) is 11.4 Å². The molecular formula is C19H22FN3O2. The van der Waals surface area contributed by atoms with Gasteiger partial charge >= 0.3 is 0 Å². The molecule has 25 heavy (non-hydrogen) atoms. The predicted molar refractivity (Wildman–Crippen MR) is 97.5 cm³/mol. The fraction of sp³-hybridized carbons (Fsp3) is 0.263. The summed E-state index contributed by atoms with van der Waals surface area (Å²) >= 11 is 0. The summed E-state index contributed by atoms with van der Waals surface area (Å²) < 4.78 is 12.9. The zero-order valence-corrected chi connectivity index (χ0v) is 14.6. The molecule has 0 aliphatic rings. The highest BCUT2D eigenvalue weighted by atomic mass is 19.1. The maximum atomic E-state index is 12.9. The van der Waals surface area contributed by atoms with E-state index < -0.39 is 0 Å². The van der Waals surface area contributed by atoms with Crippen molar-refractivity contribution in [3.63, 3.8) is 0 Å². The third-order valence-corrected chi connectivity index (χ3v) is 3.79. The van der Waals surface area contributed by atoms with Gasteiger partial charge < -0.3 is 15.1 Å². The smallest absolute Gasteiger partial charge is 0.251 e. The average molecular weight is 343 g/mol. The van der Waals surface area contributed by atoms with Crippen LogP contribution >= 0.6 is 0 Å². The Morgan fingerprint density at radius 1 is 0.960 bits per heavy atom. The standard InChI is InChI=1S/C19H22FN3O2/c1-14(24)23(18-10-8-17(9-11-18)22(2)3)13-12-21-19(25)15-4-6-16(20)7-5-15/h4-11H,12-13H2,1-3H3,(H,21,25). The Hall–Kier alpha value is -2.89. The number of benzene rings is 2. The zero-order valence-electron chi connectivity index (χ0n) is 14.6. The molecule has 2 amide bonds. The third-order valence-electron chi connectivity index (χ3n) is 3.79. The Morgan fingerprint density at radius 3 is 2.04 bits per heavy atom. The number of rotatable bonds is 6. The van der Waals surface area contributed by atoms with Crippen LogP contribution in [0.2, 0.25) is 0 Å². The van der Waals surface area contributed by atoms with Crippen molar-refractivity contribution < 1.29 is 14.0 Å². The minimum atomic E-state index is -0.388. The molecule has 0 atom stereocenters. The van der Waals surface area contributed by atoms with Crippen LogP contribution in [-0.4, -0.2) is 39.0 Å². The summed E-state index contributed by atoms with van der Waals surface area (Å²) in [6, 6.07) is 12.9. The Morgan fingerprint density at radius 2 is 1.52 bits per heavy atom. The highest BCUT2D eigenvalue weighted by molar-refractivity contribution is 5.94. The molecule has 0 fully saturated rings. The van der Waals surface area contributed by atoms with E-state index in [1.54, 1.807) is 4.90 Å². The fourth-order valence-corrected chi connectivity index (χ4v) is 2.38. The molecule has 0 saturated heterocycles. The van der Waals surface area contributed by atoms with E-state index in [1.807, 2.05) is 43.3 Å². The summed E-state index contributed by atoms with van der Waals surface area (Å²) in [7, 11) is 3.89. The number of hydrogen-bond donors (Lipinski definition) is 1. The summed E-state index contributed by atoms with van der Waals surface area (Å²) in [4.78, 5) is 27.5. The van der Waals surface area contributed by atoms with Gasteiger partial charge in [-0.15, -0.1) is 0 Å². The molecule has 0 radical (unpaired) electrons. The quantitative estimate of drug-likeness (QED) is 0.877. The van der Waals surface area contributed by atoms with Gasteiger partial charge in [-0.2, -0.15) is 0 Å². The number of anilines is 2. The largest absolute Gasteiger partial charge is 0.378 e. The van der Waals surface area contributed by atoms with Crippen LogP contribution in [0.4, 0.5) is 15.8 Å². The second-order valence-corrected chi connectivity index (χ2v) is 5.84. The molecule has 132 valence electrons. The van der Waals surface area contributed by atoms with Gasteiger partial charge in [-0.3, -0.25) is 9.59 Å². The lowest BCUT2D eigenvalue weighted by molar-refractivity contribution is -0.116. The zero-order chi connectivity index (χ0) is 18.4. The number of nitrogens with one attached hydrogen (secondary N) is 1. The maximum Gasteiger partial charge on any atom is 0.251 e. The average Bonchev–Trinajstić information content (AvgIpc) is 2.59. The van der Waals surface area contributed by atoms with E-state index in [-0.39, 0.29) is 17.6 Å². The molecule has 0 aromatic heterocycles. The van der Waals surface area contributed by atoms with Crippen LogP contribution in [0.15, 0.2) is 48.5 Å². The molecule has 0 aliphatic heterocycles. The normalized spacial score (nSPS) is 10.2. The highest BCUT2D eigenvalue weighted by Crippen LogP contribution is 2.19. The number of nitrogens with zero attached hydrogens (tertiary/aromatic N) is 2. The lowest BCUT2D eigenvalue weighted by Crippen LogP contribution is -2.37. The van der Waals surface area contributed by atoms with Crippen LogP contribution in [0.5, 0.6) is 0 Å². The number of halogens is 1. The Balaban J connectivity index is 1.96. The summed E-state index contributed by atoms with van der Waals surface area (Å²) in [6.45, 7) is 2.14. The SMILES string of the molecule is CC(=O)N(CCNC(=O)c1ccc(F)cc1)c1ccc(N(C)C)cc1. The first-order valence-corrected chi connectivity index (χ1v) is 7.97. The molecule has 2 aromatic carbocycles. The summed E-state index contributed by atoms with van der Waals surface area (Å²) in [5, 5.41) is 2.74. The molecule has 0 unspecified atom stereocenters. The van der Waals surface area contributed by atoms with Gasteiger partial charge in [0.1, 0.15) is 5.82 Å². The minimum absolute atomic E-state index is 0.103. The van der Waals surface area contributed by atoms with Gasteiger partial charge in [0.2, 0.25) is 5.91 Å². The van der Waals surface area contributed by atoms with Crippen LogP contribution < -0.4 is 15.1 Å². The molecule has 1 N–H and O–H groups in total. The van der Waals surface area contributed by atoms with E-state index in [0.29, 0.717) is 18.7 Å². The lowest BCUT2D eigenvalue weighted by Gasteiger charge is -2.22. The van der Waals surface area contributed by atoms with Crippen molar-refractivity contribution in [2.24, 2.45) is 0 Å². The summed E-state index contributed by atoms with van der Waals surface area (Å²) in [5.41, 5.74) is 2.19. The molecule has 0 saturated carbocycles. The molecule has 5 nitrogen and oxygen atoms in total. The van der Waals surface area contributed by atoms with Crippen LogP contribution in [0.25, 0.3) is 0 Å². The fourth-order valence-electron chi connectivity index (χ4n) is 2.38. The van der Waals surface area contributed by atoms with E-state index in [1.165, 1.54) is 31.2 Å². The van der Waals surface area contributed by atoms with Gasteiger partial charge in [-0.1, -0.05) is 0 Å². The Kier molecular flexibility index (Phi) is 6.11. The van der Waals surface area contributed by atoms with Crippen molar-refractivity contribution in [3.05, 3.63) is 59.9 Å². The molecular weight excluding hydrogens is 321 g/mol. The van der Waals surface area contributed by atoms with Crippen molar-refractivity contribution in [1.29, 1.82) is 0 Å². The van der Waals surface area contributed by atoms with Gasteiger partial charge in [0.15, 0.2) is 0 Å². The monoisotopic (exact) mass is 343 g/mol. The molecule has 2 aromatic rings. The molecule has 0 spiro atoms. The van der Waals surface area contributed by atoms with E-state index in [4.69, 9.17) is 0 Å². The first-order valence-electron chi connectivity index (χ1n) is 7.97. The maximum absolute atomic E-state index is 12.9. The van der Waals surface area contributed by atoms with Crippen LogP contribution in [0.1, 0.15) is 17.3 Å². The third kappa shape index (κ3) is 5.04. The van der Waals surface area contributed by atoms with Gasteiger partial charge in [-0.25, -0.2) is 4.39 Å². The minimum Gasteiger partial charge on any atom is -0.378 e. The molecule has 0 bridgehead atoms. The number of hydrogen-bond acceptors (Lipinski definition) is 3. The highest BCUT2D eigenvalue weighted by Gasteiger charge is 2.12. The van der Waals surface area contributed by atoms with Crippen molar-refractivity contribution in [1.82, 2.24) is 5.32 Å². The van der Waals surface area contributed by atoms with Crippen molar-refractivity contribution >= 4 is 23.2 Å². The van der Waals surface area contributed by atoms with Crippen molar-refractivity contribution in [3.8, 4) is 0 Å². The Bertz CT molecular complexity index is 727. The second-order valence-electron chi connectivity index (χ2n) is 5.84. The van der Waals surface area contributed by atoms with Crippen LogP contribution in [0.3, 0.4) is 0 Å². The van der Waals surface area contributed by atoms with Gasteiger partial charge in [0, 0.05) is 51.0 Å². The summed E-state index contributed by atoms with van der Waals surface area (Å²) in [5.74, 6) is -0.791. The molecule has 6 heteroatoms. The number of carbonyl (C=O) groups is 2. The molecule has 0 heterocycles. The topological polar surface area (TPSA) is 52.7 Å². The van der Waals surface area contributed by atoms with Crippen molar-refractivity contribution in [2.45, 2.75) is 6.92 Å². The number of carbonyl (C=O) groups excluding carboxylic acids is 2.